The molecule has 0 unspecified atom stereocenters. The molecule has 2 heterocycles. The summed E-state index contributed by atoms with van der Waals surface area (Å²) in [6.45, 7) is 4.10. The summed E-state index contributed by atoms with van der Waals surface area (Å²) in [5.74, 6) is 1.50. The van der Waals surface area contributed by atoms with Gasteiger partial charge in [0.2, 0.25) is 16.9 Å². The molecule has 0 amide bonds. The molecule has 0 radical (unpaired) electrons. The van der Waals surface area contributed by atoms with Crippen LogP contribution in [0.3, 0.4) is 0 Å². The zero-order chi connectivity index (χ0) is 18.8. The SMILES string of the molecule is Cc1ccc(-n2nnnc2SCc2nnc(-c3ccc(Br)cc3)o2)c(C)c1. The van der Waals surface area contributed by atoms with Crippen LogP contribution in [0.15, 0.2) is 56.5 Å². The molecule has 136 valence electrons. The van der Waals surface area contributed by atoms with E-state index in [2.05, 4.69) is 54.6 Å². The van der Waals surface area contributed by atoms with Gasteiger partial charge in [0.05, 0.1) is 11.4 Å². The van der Waals surface area contributed by atoms with Crippen LogP contribution < -0.4 is 0 Å². The van der Waals surface area contributed by atoms with Crippen LogP contribution >= 0.6 is 27.7 Å². The number of halogens is 1. The van der Waals surface area contributed by atoms with Gasteiger partial charge in [-0.15, -0.1) is 15.3 Å². The summed E-state index contributed by atoms with van der Waals surface area (Å²) >= 11 is 4.86. The zero-order valence-electron chi connectivity index (χ0n) is 14.6. The van der Waals surface area contributed by atoms with Crippen LogP contribution in [-0.4, -0.2) is 30.4 Å². The zero-order valence-corrected chi connectivity index (χ0v) is 17.0. The molecule has 0 aliphatic rings. The Labute approximate surface area is 168 Å². The third-order valence-electron chi connectivity index (χ3n) is 3.90. The topological polar surface area (TPSA) is 82.5 Å². The number of aromatic nitrogens is 6. The summed E-state index contributed by atoms with van der Waals surface area (Å²) in [5.41, 5.74) is 4.14. The minimum absolute atomic E-state index is 0.481. The van der Waals surface area contributed by atoms with E-state index in [1.54, 1.807) is 4.68 Å². The molecule has 7 nitrogen and oxygen atoms in total. The Kier molecular flexibility index (Phi) is 5.04. The molecule has 4 aromatic rings. The van der Waals surface area contributed by atoms with Gasteiger partial charge >= 0.3 is 0 Å². The first-order valence-corrected chi connectivity index (χ1v) is 9.95. The van der Waals surface area contributed by atoms with Gasteiger partial charge in [-0.05, 0) is 60.2 Å². The van der Waals surface area contributed by atoms with Crippen molar-refractivity contribution in [2.24, 2.45) is 0 Å². The van der Waals surface area contributed by atoms with E-state index in [1.165, 1.54) is 17.3 Å². The molecular weight excluding hydrogens is 428 g/mol. The van der Waals surface area contributed by atoms with Crippen molar-refractivity contribution in [2.45, 2.75) is 24.8 Å². The van der Waals surface area contributed by atoms with Crippen molar-refractivity contribution in [2.75, 3.05) is 0 Å². The minimum atomic E-state index is 0.481. The predicted octanol–water partition coefficient (Wildman–Crippen LogP) is 4.38. The molecule has 0 aliphatic carbocycles. The third kappa shape index (κ3) is 3.93. The van der Waals surface area contributed by atoms with Crippen LogP contribution in [0.4, 0.5) is 0 Å². The third-order valence-corrected chi connectivity index (χ3v) is 5.34. The first-order valence-electron chi connectivity index (χ1n) is 8.17. The van der Waals surface area contributed by atoms with Crippen molar-refractivity contribution in [3.63, 3.8) is 0 Å². The molecule has 0 atom stereocenters. The van der Waals surface area contributed by atoms with Crippen molar-refractivity contribution >= 4 is 27.7 Å². The molecule has 2 aromatic carbocycles. The smallest absolute Gasteiger partial charge is 0.247 e. The number of tetrazole rings is 1. The van der Waals surface area contributed by atoms with Gasteiger partial charge in [0.1, 0.15) is 0 Å². The molecule has 0 N–H and O–H groups in total. The summed E-state index contributed by atoms with van der Waals surface area (Å²) in [5, 5.41) is 20.9. The first-order chi connectivity index (χ1) is 13.1. The van der Waals surface area contributed by atoms with Crippen molar-refractivity contribution in [3.8, 4) is 17.1 Å². The van der Waals surface area contributed by atoms with Gasteiger partial charge < -0.3 is 4.42 Å². The Morgan fingerprint density at radius 3 is 2.63 bits per heavy atom. The van der Waals surface area contributed by atoms with Gasteiger partial charge in [-0.3, -0.25) is 0 Å². The van der Waals surface area contributed by atoms with Crippen molar-refractivity contribution in [3.05, 3.63) is 64.0 Å². The second-order valence-electron chi connectivity index (χ2n) is 5.96. The molecule has 0 saturated carbocycles. The summed E-state index contributed by atoms with van der Waals surface area (Å²) in [4.78, 5) is 0. The maximum Gasteiger partial charge on any atom is 0.247 e. The molecule has 0 spiro atoms. The van der Waals surface area contributed by atoms with E-state index in [0.29, 0.717) is 22.7 Å². The summed E-state index contributed by atoms with van der Waals surface area (Å²) in [7, 11) is 0. The lowest BCUT2D eigenvalue weighted by molar-refractivity contribution is 0.528. The van der Waals surface area contributed by atoms with E-state index in [4.69, 9.17) is 4.42 Å². The number of rotatable bonds is 5. The molecule has 0 saturated heterocycles. The van der Waals surface area contributed by atoms with Gasteiger partial charge in [-0.25, -0.2) is 0 Å². The lowest BCUT2D eigenvalue weighted by atomic mass is 10.1. The van der Waals surface area contributed by atoms with Crippen LogP contribution in [0.1, 0.15) is 17.0 Å². The number of thioether (sulfide) groups is 1. The molecule has 27 heavy (non-hydrogen) atoms. The maximum atomic E-state index is 5.76. The van der Waals surface area contributed by atoms with Crippen LogP contribution in [0.2, 0.25) is 0 Å². The number of benzene rings is 2. The predicted molar refractivity (Wildman–Crippen MR) is 106 cm³/mol. The largest absolute Gasteiger partial charge is 0.420 e. The molecule has 2 aromatic heterocycles. The van der Waals surface area contributed by atoms with Crippen LogP contribution in [0.25, 0.3) is 17.1 Å². The standard InChI is InChI=1S/C18H15BrN6OS/c1-11-3-8-15(12(2)9-11)25-18(22-23-24-25)27-10-16-20-21-17(26-16)13-4-6-14(19)7-5-13/h3-9H,10H2,1-2H3. The molecular formula is C18H15BrN6OS. The van der Waals surface area contributed by atoms with Gasteiger partial charge in [0, 0.05) is 10.0 Å². The average molecular weight is 443 g/mol. The van der Waals surface area contributed by atoms with Crippen LogP contribution in [0.5, 0.6) is 0 Å². The Hall–Kier alpha value is -2.52. The average Bonchev–Trinajstić information content (AvgIpc) is 3.30. The highest BCUT2D eigenvalue weighted by Gasteiger charge is 2.14. The molecule has 0 fully saturated rings. The molecule has 0 aliphatic heterocycles. The van der Waals surface area contributed by atoms with E-state index in [1.807, 2.05) is 43.3 Å². The van der Waals surface area contributed by atoms with Crippen LogP contribution in [-0.2, 0) is 5.75 Å². The number of nitrogens with zero attached hydrogens (tertiary/aromatic N) is 6. The minimum Gasteiger partial charge on any atom is -0.420 e. The Morgan fingerprint density at radius 2 is 1.85 bits per heavy atom. The Morgan fingerprint density at radius 1 is 1.04 bits per heavy atom. The number of aryl methyl sites for hydroxylation is 2. The fourth-order valence-electron chi connectivity index (χ4n) is 2.61. The van der Waals surface area contributed by atoms with Crippen molar-refractivity contribution in [1.82, 2.24) is 30.4 Å². The Balaban J connectivity index is 1.50. The number of hydrogen-bond donors (Lipinski definition) is 0. The monoisotopic (exact) mass is 442 g/mol. The molecule has 4 rings (SSSR count). The molecule has 9 heteroatoms. The lowest BCUT2D eigenvalue weighted by Gasteiger charge is -2.07. The highest BCUT2D eigenvalue weighted by Crippen LogP contribution is 2.26. The second kappa shape index (κ2) is 7.61. The lowest BCUT2D eigenvalue weighted by Crippen LogP contribution is -2.02. The fraction of sp³-hybridized carbons (Fsp3) is 0.167. The number of hydrogen-bond acceptors (Lipinski definition) is 7. The van der Waals surface area contributed by atoms with Gasteiger partial charge in [0.15, 0.2) is 0 Å². The van der Waals surface area contributed by atoms with Gasteiger partial charge in [-0.1, -0.05) is 45.4 Å². The maximum absolute atomic E-state index is 5.76. The van der Waals surface area contributed by atoms with Crippen molar-refractivity contribution in [1.29, 1.82) is 0 Å². The van der Waals surface area contributed by atoms with E-state index >= 15 is 0 Å². The highest BCUT2D eigenvalue weighted by atomic mass is 79.9. The first kappa shape index (κ1) is 17.9. The molecule has 0 bridgehead atoms. The normalized spacial score (nSPS) is 11.1. The Bertz CT molecular complexity index is 1080. The van der Waals surface area contributed by atoms with E-state index in [0.717, 1.165) is 21.3 Å². The van der Waals surface area contributed by atoms with E-state index in [9.17, 15) is 0 Å². The summed E-state index contributed by atoms with van der Waals surface area (Å²) in [6.07, 6.45) is 0. The quantitative estimate of drug-likeness (QED) is 0.423. The van der Waals surface area contributed by atoms with Crippen LogP contribution in [0, 0.1) is 13.8 Å². The summed E-state index contributed by atoms with van der Waals surface area (Å²) in [6, 6.07) is 13.9. The summed E-state index contributed by atoms with van der Waals surface area (Å²) < 4.78 is 8.48. The van der Waals surface area contributed by atoms with E-state index in [-0.39, 0.29) is 0 Å². The van der Waals surface area contributed by atoms with Gasteiger partial charge in [-0.2, -0.15) is 4.68 Å². The second-order valence-corrected chi connectivity index (χ2v) is 7.82. The van der Waals surface area contributed by atoms with Gasteiger partial charge in [0.25, 0.3) is 0 Å². The van der Waals surface area contributed by atoms with E-state index < -0.39 is 0 Å². The highest BCUT2D eigenvalue weighted by molar-refractivity contribution is 9.10. The van der Waals surface area contributed by atoms with Crippen molar-refractivity contribution < 1.29 is 4.42 Å². The fourth-order valence-corrected chi connectivity index (χ4v) is 3.60.